The highest BCUT2D eigenvalue weighted by molar-refractivity contribution is 7.88. The van der Waals surface area contributed by atoms with E-state index >= 15 is 0 Å². The van der Waals surface area contributed by atoms with Gasteiger partial charge in [0.05, 0.1) is 19.1 Å². The van der Waals surface area contributed by atoms with Crippen molar-refractivity contribution in [1.82, 2.24) is 9.29 Å². The molecule has 2 aromatic rings. The van der Waals surface area contributed by atoms with Gasteiger partial charge in [0.25, 0.3) is 0 Å². The fraction of sp³-hybridized carbons (Fsp3) is 0.458. The standard InChI is InChI=1S/C24H30N2O3S/c1-5-17-14-20-7-6-19-12-16(2)13-21(29-3)22(19)23(24(20)25-15-17)18-8-10-26(11-9-18)30(4,27)28/h5,12-15,18,23H,1,6-11H2,2-4H3. The summed E-state index contributed by atoms with van der Waals surface area (Å²) in [5.41, 5.74) is 7.16. The van der Waals surface area contributed by atoms with Gasteiger partial charge in [0.1, 0.15) is 5.75 Å². The summed E-state index contributed by atoms with van der Waals surface area (Å²) >= 11 is 0. The Morgan fingerprint density at radius 2 is 1.87 bits per heavy atom. The molecule has 0 bridgehead atoms. The number of nitrogens with zero attached hydrogens (tertiary/aromatic N) is 2. The largest absolute Gasteiger partial charge is 0.496 e. The molecule has 4 rings (SSSR count). The molecule has 0 radical (unpaired) electrons. The number of hydrogen-bond acceptors (Lipinski definition) is 4. The van der Waals surface area contributed by atoms with Crippen LogP contribution in [-0.4, -0.2) is 44.2 Å². The lowest BCUT2D eigenvalue weighted by Gasteiger charge is -2.36. The predicted molar refractivity (Wildman–Crippen MR) is 120 cm³/mol. The van der Waals surface area contributed by atoms with Crippen molar-refractivity contribution in [2.24, 2.45) is 5.92 Å². The third kappa shape index (κ3) is 3.91. The molecule has 1 aliphatic heterocycles. The quantitative estimate of drug-likeness (QED) is 0.743. The highest BCUT2D eigenvalue weighted by atomic mass is 32.2. The summed E-state index contributed by atoms with van der Waals surface area (Å²) in [7, 11) is -1.42. The average molecular weight is 427 g/mol. The van der Waals surface area contributed by atoms with E-state index in [1.165, 1.54) is 28.5 Å². The van der Waals surface area contributed by atoms with E-state index in [1.54, 1.807) is 11.4 Å². The number of methoxy groups -OCH3 is 1. The maximum absolute atomic E-state index is 12.0. The number of aryl methyl sites for hydroxylation is 3. The van der Waals surface area contributed by atoms with Crippen molar-refractivity contribution in [2.75, 3.05) is 26.5 Å². The van der Waals surface area contributed by atoms with Crippen LogP contribution in [0.1, 0.15) is 52.3 Å². The number of ether oxygens (including phenoxy) is 1. The van der Waals surface area contributed by atoms with E-state index in [0.717, 1.165) is 42.7 Å². The highest BCUT2D eigenvalue weighted by Crippen LogP contribution is 2.46. The first-order valence-corrected chi connectivity index (χ1v) is 12.4. The van der Waals surface area contributed by atoms with E-state index < -0.39 is 10.0 Å². The molecule has 0 amide bonds. The van der Waals surface area contributed by atoms with Crippen molar-refractivity contribution in [3.05, 3.63) is 64.5 Å². The monoisotopic (exact) mass is 426 g/mol. The van der Waals surface area contributed by atoms with Crippen LogP contribution in [0.3, 0.4) is 0 Å². The number of hydrogen-bond donors (Lipinski definition) is 0. The second kappa shape index (κ2) is 8.16. The number of fused-ring (bicyclic) bond motifs is 2. The third-order valence-electron chi connectivity index (χ3n) is 6.56. The van der Waals surface area contributed by atoms with Crippen LogP contribution in [0.15, 0.2) is 31.0 Å². The van der Waals surface area contributed by atoms with Gasteiger partial charge in [0, 0.05) is 30.8 Å². The Bertz CT molecular complexity index is 1070. The molecule has 30 heavy (non-hydrogen) atoms. The lowest BCUT2D eigenvalue weighted by molar-refractivity contribution is 0.253. The average Bonchev–Trinajstić information content (AvgIpc) is 2.89. The summed E-state index contributed by atoms with van der Waals surface area (Å²) in [6.07, 6.45) is 8.56. The van der Waals surface area contributed by atoms with Crippen LogP contribution in [0.4, 0.5) is 0 Å². The van der Waals surface area contributed by atoms with E-state index in [-0.39, 0.29) is 5.92 Å². The van der Waals surface area contributed by atoms with E-state index in [2.05, 4.69) is 31.7 Å². The minimum atomic E-state index is -3.15. The van der Waals surface area contributed by atoms with Gasteiger partial charge in [-0.15, -0.1) is 0 Å². The van der Waals surface area contributed by atoms with Crippen molar-refractivity contribution < 1.29 is 13.2 Å². The third-order valence-corrected chi connectivity index (χ3v) is 7.86. The van der Waals surface area contributed by atoms with Crippen LogP contribution in [0, 0.1) is 12.8 Å². The molecule has 0 N–H and O–H groups in total. The summed E-state index contributed by atoms with van der Waals surface area (Å²) in [6, 6.07) is 6.59. The molecule has 1 aliphatic carbocycles. The van der Waals surface area contributed by atoms with Gasteiger partial charge in [0.15, 0.2) is 0 Å². The molecule has 160 valence electrons. The molecule has 1 fully saturated rings. The Balaban J connectivity index is 1.83. The van der Waals surface area contributed by atoms with Gasteiger partial charge in [0.2, 0.25) is 10.0 Å². The first-order chi connectivity index (χ1) is 14.3. The topological polar surface area (TPSA) is 59.5 Å². The van der Waals surface area contributed by atoms with Gasteiger partial charge >= 0.3 is 0 Å². The van der Waals surface area contributed by atoms with Crippen LogP contribution < -0.4 is 4.74 Å². The normalized spacial score (nSPS) is 20.2. The summed E-state index contributed by atoms with van der Waals surface area (Å²) in [5, 5.41) is 0. The molecule has 0 saturated carbocycles. The van der Waals surface area contributed by atoms with E-state index in [0.29, 0.717) is 19.0 Å². The Morgan fingerprint density at radius 1 is 1.17 bits per heavy atom. The molecule has 1 atom stereocenters. The molecule has 1 unspecified atom stereocenters. The number of rotatable bonds is 4. The van der Waals surface area contributed by atoms with E-state index in [1.807, 2.05) is 12.3 Å². The van der Waals surface area contributed by atoms with Crippen LogP contribution in [0.25, 0.3) is 6.08 Å². The molecule has 0 spiro atoms. The number of piperidine rings is 1. The van der Waals surface area contributed by atoms with Crippen LogP contribution in [0.5, 0.6) is 5.75 Å². The molecular weight excluding hydrogens is 396 g/mol. The summed E-state index contributed by atoms with van der Waals surface area (Å²) in [6.45, 7) is 7.12. The second-order valence-corrected chi connectivity index (χ2v) is 10.5. The number of sulfonamides is 1. The lowest BCUT2D eigenvalue weighted by Crippen LogP contribution is -2.39. The lowest BCUT2D eigenvalue weighted by atomic mass is 9.76. The first kappa shape index (κ1) is 21.1. The fourth-order valence-corrected chi connectivity index (χ4v) is 5.98. The van der Waals surface area contributed by atoms with Crippen LogP contribution in [0.2, 0.25) is 0 Å². The SMILES string of the molecule is C=Cc1cnc2c(c1)CCc1cc(C)cc(OC)c1C2C1CCN(S(C)(=O)=O)CC1. The van der Waals surface area contributed by atoms with Crippen LogP contribution in [-0.2, 0) is 22.9 Å². The predicted octanol–water partition coefficient (Wildman–Crippen LogP) is 3.94. The Labute approximate surface area is 179 Å². The maximum atomic E-state index is 12.0. The molecule has 2 heterocycles. The molecule has 5 nitrogen and oxygen atoms in total. The molecule has 1 saturated heterocycles. The zero-order valence-corrected chi connectivity index (χ0v) is 18.8. The second-order valence-electron chi connectivity index (χ2n) is 8.53. The van der Waals surface area contributed by atoms with Crippen molar-refractivity contribution in [2.45, 2.75) is 38.5 Å². The Hall–Kier alpha value is -2.18. The van der Waals surface area contributed by atoms with Gasteiger partial charge in [-0.2, -0.15) is 0 Å². The van der Waals surface area contributed by atoms with Crippen molar-refractivity contribution in [1.29, 1.82) is 0 Å². The number of benzene rings is 1. The van der Waals surface area contributed by atoms with Crippen molar-refractivity contribution >= 4 is 16.1 Å². The minimum absolute atomic E-state index is 0.105. The van der Waals surface area contributed by atoms with Gasteiger partial charge in [-0.1, -0.05) is 18.7 Å². The zero-order chi connectivity index (χ0) is 21.5. The van der Waals surface area contributed by atoms with Gasteiger partial charge in [-0.05, 0) is 72.9 Å². The summed E-state index contributed by atoms with van der Waals surface area (Å²) < 4.78 is 31.5. The Morgan fingerprint density at radius 3 is 2.50 bits per heavy atom. The number of aromatic nitrogens is 1. The minimum Gasteiger partial charge on any atom is -0.496 e. The molecule has 6 heteroatoms. The van der Waals surface area contributed by atoms with E-state index in [9.17, 15) is 8.42 Å². The summed E-state index contributed by atoms with van der Waals surface area (Å²) in [4.78, 5) is 4.91. The van der Waals surface area contributed by atoms with Gasteiger partial charge in [-0.25, -0.2) is 12.7 Å². The highest BCUT2D eigenvalue weighted by Gasteiger charge is 2.37. The molecule has 2 aliphatic rings. The summed E-state index contributed by atoms with van der Waals surface area (Å²) in [5.74, 6) is 1.34. The van der Waals surface area contributed by atoms with Gasteiger partial charge < -0.3 is 4.74 Å². The molecule has 1 aromatic heterocycles. The molecule has 1 aromatic carbocycles. The first-order valence-electron chi connectivity index (χ1n) is 10.6. The maximum Gasteiger partial charge on any atom is 0.211 e. The Kier molecular flexibility index (Phi) is 5.73. The van der Waals surface area contributed by atoms with Gasteiger partial charge in [-0.3, -0.25) is 4.98 Å². The van der Waals surface area contributed by atoms with E-state index in [4.69, 9.17) is 9.72 Å². The van der Waals surface area contributed by atoms with Crippen LogP contribution >= 0.6 is 0 Å². The smallest absolute Gasteiger partial charge is 0.211 e. The fourth-order valence-electron chi connectivity index (χ4n) is 5.10. The number of pyridine rings is 1. The molecular formula is C24H30N2O3S. The zero-order valence-electron chi connectivity index (χ0n) is 18.0. The van der Waals surface area contributed by atoms with Crippen molar-refractivity contribution in [3.63, 3.8) is 0 Å². The van der Waals surface area contributed by atoms with Crippen molar-refractivity contribution in [3.8, 4) is 5.75 Å².